The van der Waals surface area contributed by atoms with Crippen LogP contribution < -0.4 is 0 Å². The van der Waals surface area contributed by atoms with Crippen molar-refractivity contribution in [3.63, 3.8) is 0 Å². The third-order valence-electron chi connectivity index (χ3n) is 1.47. The van der Waals surface area contributed by atoms with Crippen LogP contribution in [0.5, 0.6) is 0 Å². The Morgan fingerprint density at radius 3 is 2.46 bits per heavy atom. The van der Waals surface area contributed by atoms with Crippen LogP contribution in [0.15, 0.2) is 24.5 Å². The minimum absolute atomic E-state index is 0.361. The van der Waals surface area contributed by atoms with Crippen LogP contribution >= 0.6 is 11.6 Å². The zero-order valence-electron chi connectivity index (χ0n) is 6.63. The van der Waals surface area contributed by atoms with Gasteiger partial charge >= 0.3 is 0 Å². The van der Waals surface area contributed by atoms with Gasteiger partial charge in [-0.1, -0.05) is 0 Å². The van der Waals surface area contributed by atoms with Crippen LogP contribution in [0, 0.1) is 0 Å². The fraction of sp³-hybridized carbons (Fsp3) is 0.143. The maximum Gasteiger partial charge on any atom is 0.196 e. The van der Waals surface area contributed by atoms with E-state index in [9.17, 15) is 0 Å². The Balaban J connectivity index is 2.33. The highest BCUT2D eigenvalue weighted by Gasteiger charge is 1.99. The Bertz CT molecular complexity index is 368. The van der Waals surface area contributed by atoms with Crippen molar-refractivity contribution in [3.05, 3.63) is 30.2 Å². The molecule has 6 heteroatoms. The number of alkyl halides is 1. The van der Waals surface area contributed by atoms with Crippen LogP contribution in [-0.4, -0.2) is 25.2 Å². The molecule has 0 aliphatic carbocycles. The molecule has 0 radical (unpaired) electrons. The van der Waals surface area contributed by atoms with Crippen LogP contribution in [0.1, 0.15) is 5.69 Å². The summed E-state index contributed by atoms with van der Waals surface area (Å²) in [6.07, 6.45) is 3.16. The molecule has 0 fully saturated rings. The van der Waals surface area contributed by atoms with E-state index in [1.165, 1.54) is 4.80 Å². The molecule has 0 aromatic carbocycles. The molecule has 0 spiro atoms. The summed E-state index contributed by atoms with van der Waals surface area (Å²) in [5, 5.41) is 15.6. The molecular weight excluding hydrogens is 190 g/mol. The summed E-state index contributed by atoms with van der Waals surface area (Å²) in [6.45, 7) is 0. The van der Waals surface area contributed by atoms with Crippen molar-refractivity contribution in [3.8, 4) is 5.82 Å². The zero-order valence-corrected chi connectivity index (χ0v) is 7.39. The third-order valence-corrected chi connectivity index (χ3v) is 1.74. The minimum Gasteiger partial charge on any atom is -0.155 e. The smallest absolute Gasteiger partial charge is 0.155 e. The van der Waals surface area contributed by atoms with Gasteiger partial charge in [-0.25, -0.2) is 0 Å². The number of hydrogen-bond acceptors (Lipinski definition) is 4. The van der Waals surface area contributed by atoms with E-state index >= 15 is 0 Å². The second-order valence-corrected chi connectivity index (χ2v) is 2.60. The van der Waals surface area contributed by atoms with Crippen LogP contribution in [0.4, 0.5) is 0 Å². The van der Waals surface area contributed by atoms with Gasteiger partial charge in [0.2, 0.25) is 0 Å². The molecular formula is C7H6ClN5. The van der Waals surface area contributed by atoms with Gasteiger partial charge in [-0.05, 0) is 12.1 Å². The Hall–Kier alpha value is -1.49. The van der Waals surface area contributed by atoms with Crippen LogP contribution in [0.25, 0.3) is 5.82 Å². The third kappa shape index (κ3) is 1.65. The summed E-state index contributed by atoms with van der Waals surface area (Å²) in [5.41, 5.74) is 0.734. The predicted molar refractivity (Wildman–Crippen MR) is 46.5 cm³/mol. The monoisotopic (exact) mass is 195 g/mol. The molecule has 0 amide bonds. The van der Waals surface area contributed by atoms with Crippen molar-refractivity contribution in [2.45, 2.75) is 5.88 Å². The van der Waals surface area contributed by atoms with Crippen molar-refractivity contribution >= 4 is 11.6 Å². The molecule has 0 saturated carbocycles. The normalized spacial score (nSPS) is 10.2. The average Bonchev–Trinajstić information content (AvgIpc) is 2.71. The molecule has 0 aliphatic rings. The van der Waals surface area contributed by atoms with Gasteiger partial charge in [-0.3, -0.25) is 0 Å². The van der Waals surface area contributed by atoms with Gasteiger partial charge in [-0.15, -0.1) is 21.5 Å². The van der Waals surface area contributed by atoms with E-state index in [0.29, 0.717) is 11.7 Å². The molecule has 0 saturated heterocycles. The lowest BCUT2D eigenvalue weighted by Crippen LogP contribution is -2.03. The van der Waals surface area contributed by atoms with Crippen molar-refractivity contribution < 1.29 is 0 Å². The standard InChI is InChI=1S/C7H6ClN5/c8-5-6-1-2-7(12-11-6)13-9-3-4-10-13/h1-4H,5H2. The van der Waals surface area contributed by atoms with Crippen LogP contribution in [-0.2, 0) is 5.88 Å². The molecule has 2 aromatic rings. The van der Waals surface area contributed by atoms with Gasteiger partial charge in [-0.2, -0.15) is 15.3 Å². The molecule has 0 bridgehead atoms. The quantitative estimate of drug-likeness (QED) is 0.665. The summed E-state index contributed by atoms with van der Waals surface area (Å²) in [5.74, 6) is 0.943. The van der Waals surface area contributed by atoms with E-state index in [0.717, 1.165) is 5.69 Å². The summed E-state index contributed by atoms with van der Waals surface area (Å²) >= 11 is 5.56. The number of aromatic nitrogens is 5. The van der Waals surface area contributed by atoms with Crippen molar-refractivity contribution in [1.29, 1.82) is 0 Å². The van der Waals surface area contributed by atoms with Gasteiger partial charge in [0.05, 0.1) is 24.0 Å². The molecule has 0 aliphatic heterocycles. The number of halogens is 1. The minimum atomic E-state index is 0.361. The van der Waals surface area contributed by atoms with E-state index in [2.05, 4.69) is 20.4 Å². The fourth-order valence-corrected chi connectivity index (χ4v) is 1.01. The highest BCUT2D eigenvalue weighted by Crippen LogP contribution is 2.01. The van der Waals surface area contributed by atoms with Crippen molar-refractivity contribution in [1.82, 2.24) is 25.2 Å². The van der Waals surface area contributed by atoms with Crippen LogP contribution in [0.3, 0.4) is 0 Å². The van der Waals surface area contributed by atoms with E-state index in [1.807, 2.05) is 0 Å². The van der Waals surface area contributed by atoms with Crippen molar-refractivity contribution in [2.75, 3.05) is 0 Å². The van der Waals surface area contributed by atoms with Gasteiger partial charge in [0.1, 0.15) is 0 Å². The van der Waals surface area contributed by atoms with E-state index < -0.39 is 0 Å². The largest absolute Gasteiger partial charge is 0.196 e. The molecule has 13 heavy (non-hydrogen) atoms. The second-order valence-electron chi connectivity index (χ2n) is 2.34. The molecule has 0 N–H and O–H groups in total. The fourth-order valence-electron chi connectivity index (χ4n) is 0.865. The second kappa shape index (κ2) is 3.49. The number of hydrogen-bond donors (Lipinski definition) is 0. The highest BCUT2D eigenvalue weighted by atomic mass is 35.5. The lowest BCUT2D eigenvalue weighted by atomic mass is 10.4. The summed E-state index contributed by atoms with van der Waals surface area (Å²) in [7, 11) is 0. The van der Waals surface area contributed by atoms with Gasteiger partial charge < -0.3 is 0 Å². The molecule has 0 unspecified atom stereocenters. The number of nitrogens with zero attached hydrogens (tertiary/aromatic N) is 5. The van der Waals surface area contributed by atoms with E-state index in [4.69, 9.17) is 11.6 Å². The SMILES string of the molecule is ClCc1ccc(-n2nccn2)nn1. The molecule has 0 atom stereocenters. The van der Waals surface area contributed by atoms with Gasteiger partial charge in [0, 0.05) is 0 Å². The summed E-state index contributed by atoms with van der Waals surface area (Å²) in [4.78, 5) is 1.39. The first-order valence-electron chi connectivity index (χ1n) is 3.65. The molecule has 66 valence electrons. The molecule has 2 rings (SSSR count). The highest BCUT2D eigenvalue weighted by molar-refractivity contribution is 6.16. The molecule has 2 heterocycles. The lowest BCUT2D eigenvalue weighted by molar-refractivity contribution is 0.709. The van der Waals surface area contributed by atoms with Gasteiger partial charge in [0.25, 0.3) is 0 Å². The maximum absolute atomic E-state index is 5.56. The first-order chi connectivity index (χ1) is 6.40. The van der Waals surface area contributed by atoms with E-state index in [1.54, 1.807) is 24.5 Å². The van der Waals surface area contributed by atoms with Gasteiger partial charge in [0.15, 0.2) is 5.82 Å². The summed E-state index contributed by atoms with van der Waals surface area (Å²) in [6, 6.07) is 3.56. The first kappa shape index (κ1) is 8.12. The predicted octanol–water partition coefficient (Wildman–Crippen LogP) is 0.796. The molecule has 2 aromatic heterocycles. The Morgan fingerprint density at radius 1 is 1.15 bits per heavy atom. The Labute approximate surface area is 79.4 Å². The van der Waals surface area contributed by atoms with E-state index in [-0.39, 0.29) is 0 Å². The maximum atomic E-state index is 5.56. The average molecular weight is 196 g/mol. The topological polar surface area (TPSA) is 56.5 Å². The summed E-state index contributed by atoms with van der Waals surface area (Å²) < 4.78 is 0. The number of rotatable bonds is 2. The van der Waals surface area contributed by atoms with Crippen LogP contribution in [0.2, 0.25) is 0 Å². The van der Waals surface area contributed by atoms with Crippen molar-refractivity contribution in [2.24, 2.45) is 0 Å². The first-order valence-corrected chi connectivity index (χ1v) is 4.19. The lowest BCUT2D eigenvalue weighted by Gasteiger charge is -1.97. The Morgan fingerprint density at radius 2 is 1.92 bits per heavy atom. The zero-order chi connectivity index (χ0) is 9.10. The Kier molecular flexibility index (Phi) is 2.18. The molecule has 5 nitrogen and oxygen atoms in total.